The first-order valence-electron chi connectivity index (χ1n) is 27.5. The van der Waals surface area contributed by atoms with Crippen molar-refractivity contribution in [2.24, 2.45) is 0 Å². The molecule has 0 radical (unpaired) electrons. The molecule has 67 heavy (non-hydrogen) atoms. The van der Waals surface area contributed by atoms with Crippen molar-refractivity contribution >= 4 is 28.8 Å². The van der Waals surface area contributed by atoms with Gasteiger partial charge < -0.3 is 37.2 Å². The quantitative estimate of drug-likeness (QED) is 0.0193. The number of hydrogen-bond acceptors (Lipinski definition) is 0. The molecule has 0 unspecified atom stereocenters. The van der Waals surface area contributed by atoms with Crippen LogP contribution in [0, 0.1) is 0 Å². The maximum Gasteiger partial charge on any atom is 4.00 e. The molecule has 0 N–H and O–H groups in total. The Labute approximate surface area is 450 Å². The molecule has 0 fully saturated rings. The van der Waals surface area contributed by atoms with Crippen molar-refractivity contribution in [3.05, 3.63) is 112 Å². The summed E-state index contributed by atoms with van der Waals surface area (Å²) in [4.78, 5) is 0. The van der Waals surface area contributed by atoms with E-state index in [2.05, 4.69) is 128 Å². The molecular formula is C62H97Cl3SiTi. The van der Waals surface area contributed by atoms with Crippen LogP contribution in [0.25, 0.3) is 0 Å². The summed E-state index contributed by atoms with van der Waals surface area (Å²) in [5.41, 5.74) is 11.1. The van der Waals surface area contributed by atoms with Crippen LogP contribution in [-0.4, -0.2) is 8.07 Å². The first-order valence-corrected chi connectivity index (χ1v) is 29.5. The molecule has 0 bridgehead atoms. The first-order chi connectivity index (χ1) is 30.8. The van der Waals surface area contributed by atoms with Gasteiger partial charge in [0.25, 0.3) is 0 Å². The Hall–Kier alpha value is -1.19. The van der Waals surface area contributed by atoms with Gasteiger partial charge in [0.15, 0.2) is 0 Å². The summed E-state index contributed by atoms with van der Waals surface area (Å²) in [6.07, 6.45) is 38.7. The zero-order valence-corrected chi connectivity index (χ0v) is 49.2. The second-order valence-corrected chi connectivity index (χ2v) is 24.0. The van der Waals surface area contributed by atoms with Crippen LogP contribution < -0.4 is 58.0 Å². The van der Waals surface area contributed by atoms with E-state index in [1.54, 1.807) is 59.7 Å². The molecular weight excluding hydrogens is 927 g/mol. The predicted octanol–water partition coefficient (Wildman–Crippen LogP) is 7.65. The minimum atomic E-state index is -2.87. The molecule has 0 saturated heterocycles. The summed E-state index contributed by atoms with van der Waals surface area (Å²) in [5, 5.41) is 6.65. The Bertz CT molecular complexity index is 1560. The van der Waals surface area contributed by atoms with Crippen molar-refractivity contribution in [2.75, 3.05) is 0 Å². The molecule has 0 amide bonds. The van der Waals surface area contributed by atoms with Gasteiger partial charge in [0.05, 0.1) is 0 Å². The van der Waals surface area contributed by atoms with Crippen molar-refractivity contribution in [1.82, 2.24) is 0 Å². The number of rotatable bonds is 35. The summed E-state index contributed by atoms with van der Waals surface area (Å²) in [6, 6.07) is 32.3. The second kappa shape index (κ2) is 38.5. The van der Waals surface area contributed by atoms with Gasteiger partial charge >= 0.3 is 21.7 Å². The van der Waals surface area contributed by atoms with Crippen LogP contribution in [0.1, 0.15) is 254 Å². The van der Waals surface area contributed by atoms with E-state index in [-0.39, 0.29) is 58.9 Å². The molecule has 0 spiro atoms. The molecule has 0 heterocycles. The normalized spacial score (nSPS) is 11.2. The van der Waals surface area contributed by atoms with Crippen molar-refractivity contribution in [1.29, 1.82) is 0 Å². The Morgan fingerprint density at radius 1 is 0.358 bits per heavy atom. The zero-order chi connectivity index (χ0) is 45.1. The van der Waals surface area contributed by atoms with Gasteiger partial charge in [-0.2, -0.15) is 11.6 Å². The van der Waals surface area contributed by atoms with Crippen molar-refractivity contribution in [3.8, 4) is 0 Å². The van der Waals surface area contributed by atoms with E-state index in [1.165, 1.54) is 193 Å². The SMILES string of the molecule is CCCCCCc1cc(CCCCCC)cc([Si](c2cc(CCCCCC)cc(CCCCCC)c2)(c2cc(CCCCCC)cc(CCCCCC)c2)[c-]2cccc2C(C)C)c1.[Cl-].[Cl-].[Cl-].[Ti+4]. The van der Waals surface area contributed by atoms with Gasteiger partial charge in [-0.1, -0.05) is 241 Å². The number of halogens is 3. The van der Waals surface area contributed by atoms with Gasteiger partial charge in [-0.3, -0.25) is 0 Å². The van der Waals surface area contributed by atoms with Crippen molar-refractivity contribution < 1.29 is 58.9 Å². The fourth-order valence-corrected chi connectivity index (χ4v) is 16.1. The van der Waals surface area contributed by atoms with Gasteiger partial charge in [0.1, 0.15) is 8.07 Å². The monoisotopic (exact) mass is 1020 g/mol. The Kier molecular flexibility index (Phi) is 37.8. The molecule has 0 saturated carbocycles. The maximum atomic E-state index is 2.79. The minimum Gasteiger partial charge on any atom is -1.00 e. The summed E-state index contributed by atoms with van der Waals surface area (Å²) in [5.74, 6) is 0.462. The Morgan fingerprint density at radius 2 is 0.597 bits per heavy atom. The molecule has 0 aliphatic carbocycles. The fourth-order valence-electron chi connectivity index (χ4n) is 10.6. The van der Waals surface area contributed by atoms with E-state index in [0.29, 0.717) is 5.92 Å². The molecule has 5 heteroatoms. The third-order valence-electron chi connectivity index (χ3n) is 14.2. The van der Waals surface area contributed by atoms with E-state index < -0.39 is 8.07 Å². The summed E-state index contributed by atoms with van der Waals surface area (Å²) in [6.45, 7) is 19.1. The van der Waals surface area contributed by atoms with Crippen LogP contribution in [-0.2, 0) is 60.2 Å². The number of hydrogen-bond donors (Lipinski definition) is 0. The van der Waals surface area contributed by atoms with E-state index >= 15 is 0 Å². The summed E-state index contributed by atoms with van der Waals surface area (Å²) >= 11 is 0. The largest absolute Gasteiger partial charge is 4.00 e. The van der Waals surface area contributed by atoms with Gasteiger partial charge in [-0.25, -0.2) is 12.1 Å². The topological polar surface area (TPSA) is 0 Å². The van der Waals surface area contributed by atoms with Gasteiger partial charge in [0, 0.05) is 0 Å². The van der Waals surface area contributed by atoms with E-state index in [1.807, 2.05) is 0 Å². The average molecular weight is 1020 g/mol. The molecule has 0 nitrogen and oxygen atoms in total. The van der Waals surface area contributed by atoms with Crippen LogP contribution in [0.15, 0.2) is 72.8 Å². The number of aryl methyl sites for hydroxylation is 6. The van der Waals surface area contributed by atoms with E-state index in [9.17, 15) is 0 Å². The van der Waals surface area contributed by atoms with E-state index in [0.717, 1.165) is 0 Å². The molecule has 4 rings (SSSR count). The van der Waals surface area contributed by atoms with Crippen molar-refractivity contribution in [3.63, 3.8) is 0 Å². The zero-order valence-electron chi connectivity index (χ0n) is 44.4. The number of unbranched alkanes of at least 4 members (excludes halogenated alkanes) is 18. The third kappa shape index (κ3) is 21.6. The average Bonchev–Trinajstić information content (AvgIpc) is 3.78. The van der Waals surface area contributed by atoms with Crippen LogP contribution in [0.5, 0.6) is 0 Å². The molecule has 0 aliphatic heterocycles. The standard InChI is InChI=1S/C62H97Si.3ClH.Ti/c1-9-15-21-27-34-52-42-53(35-28-22-16-10-2)46-58(45-52)63(62-41-33-40-61(62)51(7)8,59-47-54(36-29-23-17-11-3)43-55(48-59)37-30-24-18-12-4)60-49-56(38-31-25-19-13-5)44-57(50-60)39-32-26-20-14-6;;;;/h33,40-51H,9-32,34-39H2,1-8H3;3*1H;/q-1;;;;+4/p-3. The molecule has 4 aromatic rings. The minimum absolute atomic E-state index is 0. The summed E-state index contributed by atoms with van der Waals surface area (Å²) < 4.78 is 0. The Balaban J connectivity index is 0.0000109. The predicted molar refractivity (Wildman–Crippen MR) is 287 cm³/mol. The van der Waals surface area contributed by atoms with Crippen LogP contribution in [0.3, 0.4) is 0 Å². The Morgan fingerprint density at radius 3 is 0.806 bits per heavy atom. The first kappa shape index (κ1) is 65.8. The van der Waals surface area contributed by atoms with Gasteiger partial charge in [-0.05, 0) is 116 Å². The van der Waals surface area contributed by atoms with Crippen LogP contribution in [0.2, 0.25) is 0 Å². The smallest absolute Gasteiger partial charge is 1.00 e. The van der Waals surface area contributed by atoms with Crippen LogP contribution in [0.4, 0.5) is 0 Å². The summed E-state index contributed by atoms with van der Waals surface area (Å²) in [7, 11) is -2.87. The van der Waals surface area contributed by atoms with Crippen molar-refractivity contribution in [2.45, 2.75) is 254 Å². The molecule has 4 aromatic carbocycles. The molecule has 0 atom stereocenters. The van der Waals surface area contributed by atoms with E-state index in [4.69, 9.17) is 0 Å². The molecule has 0 aliphatic rings. The van der Waals surface area contributed by atoms with Gasteiger partial charge in [0.2, 0.25) is 0 Å². The van der Waals surface area contributed by atoms with Gasteiger partial charge in [-0.15, -0.1) is 5.19 Å². The number of benzene rings is 3. The molecule has 374 valence electrons. The third-order valence-corrected chi connectivity index (χ3v) is 19.0. The maximum absolute atomic E-state index is 2.87. The molecule has 0 aromatic heterocycles. The van der Waals surface area contributed by atoms with Crippen LogP contribution >= 0.6 is 0 Å². The fraction of sp³-hybridized carbons (Fsp3) is 0.629. The second-order valence-electron chi connectivity index (χ2n) is 20.3.